The molecule has 4 rings (SSSR count). The van der Waals surface area contributed by atoms with E-state index in [1.165, 1.54) is 12.8 Å². The molecule has 2 fully saturated rings. The first-order valence-corrected chi connectivity index (χ1v) is 11.5. The van der Waals surface area contributed by atoms with Gasteiger partial charge in [-0.3, -0.25) is 4.79 Å². The van der Waals surface area contributed by atoms with Crippen molar-refractivity contribution in [3.05, 3.63) is 42.5 Å². The molecule has 0 spiro atoms. The molecule has 1 saturated carbocycles. The second kappa shape index (κ2) is 7.81. The van der Waals surface area contributed by atoms with Crippen LogP contribution in [0.25, 0.3) is 10.8 Å². The summed E-state index contributed by atoms with van der Waals surface area (Å²) < 4.78 is 27.6. The number of hydrogen-bond acceptors (Lipinski definition) is 3. The Morgan fingerprint density at radius 1 is 1.14 bits per heavy atom. The number of amides is 1. The molecular formula is C21H28N3O3S+. The number of nitrogens with zero attached hydrogens (tertiary/aromatic N) is 1. The third-order valence-electron chi connectivity index (χ3n) is 5.92. The van der Waals surface area contributed by atoms with Crippen LogP contribution < -0.4 is 10.2 Å². The molecule has 0 aromatic heterocycles. The van der Waals surface area contributed by atoms with Gasteiger partial charge >= 0.3 is 0 Å². The summed E-state index contributed by atoms with van der Waals surface area (Å²) in [5.74, 6) is 0.711. The normalized spacial score (nSPS) is 20.2. The highest BCUT2D eigenvalue weighted by Crippen LogP contribution is 2.32. The summed E-state index contributed by atoms with van der Waals surface area (Å²) in [6.07, 6.45) is 2.42. The van der Waals surface area contributed by atoms with Crippen LogP contribution in [0.3, 0.4) is 0 Å². The molecule has 1 heterocycles. The molecule has 2 aromatic carbocycles. The van der Waals surface area contributed by atoms with Gasteiger partial charge in [0, 0.05) is 6.04 Å². The molecule has 1 saturated heterocycles. The molecule has 0 bridgehead atoms. The van der Waals surface area contributed by atoms with Crippen LogP contribution in [0.1, 0.15) is 19.8 Å². The highest BCUT2D eigenvalue weighted by Gasteiger charge is 2.33. The second-order valence-corrected chi connectivity index (χ2v) is 9.97. The minimum Gasteiger partial charge on any atom is -0.348 e. The third-order valence-corrected chi connectivity index (χ3v) is 7.81. The first-order chi connectivity index (χ1) is 13.4. The number of rotatable bonds is 6. The van der Waals surface area contributed by atoms with Crippen LogP contribution in [-0.4, -0.2) is 57.4 Å². The Labute approximate surface area is 166 Å². The highest BCUT2D eigenvalue weighted by atomic mass is 32.2. The van der Waals surface area contributed by atoms with Crippen LogP contribution in [0.2, 0.25) is 0 Å². The summed E-state index contributed by atoms with van der Waals surface area (Å²) in [7, 11) is -3.51. The van der Waals surface area contributed by atoms with Gasteiger partial charge in [0.05, 0.1) is 31.1 Å². The predicted octanol–water partition coefficient (Wildman–Crippen LogP) is 0.644. The summed E-state index contributed by atoms with van der Waals surface area (Å²) in [4.78, 5) is 13.7. The fourth-order valence-electron chi connectivity index (χ4n) is 3.94. The number of carbonyl (C=O) groups is 1. The van der Waals surface area contributed by atoms with Crippen molar-refractivity contribution in [3.63, 3.8) is 0 Å². The van der Waals surface area contributed by atoms with E-state index in [-0.39, 0.29) is 11.9 Å². The van der Waals surface area contributed by atoms with Gasteiger partial charge < -0.3 is 10.2 Å². The average molecular weight is 403 g/mol. The molecule has 28 heavy (non-hydrogen) atoms. The third kappa shape index (κ3) is 4.21. The smallest absolute Gasteiger partial charge is 0.275 e. The SMILES string of the molecule is C[C@H](NC(=O)C[NH+]1CCN(S(=O)(=O)c2ccc3ccccc3c2)CC1)C1CC1. The van der Waals surface area contributed by atoms with Crippen molar-refractivity contribution in [3.8, 4) is 0 Å². The van der Waals surface area contributed by atoms with Crippen molar-refractivity contribution in [1.82, 2.24) is 9.62 Å². The number of hydrogen-bond donors (Lipinski definition) is 2. The number of benzene rings is 2. The van der Waals surface area contributed by atoms with E-state index in [9.17, 15) is 13.2 Å². The lowest BCUT2D eigenvalue weighted by atomic mass is 10.1. The summed E-state index contributed by atoms with van der Waals surface area (Å²) in [5, 5.41) is 5.04. The van der Waals surface area contributed by atoms with Gasteiger partial charge in [0.25, 0.3) is 5.91 Å². The molecule has 1 aliphatic heterocycles. The number of sulfonamides is 1. The van der Waals surface area contributed by atoms with E-state index < -0.39 is 10.0 Å². The van der Waals surface area contributed by atoms with Gasteiger partial charge in [-0.15, -0.1) is 0 Å². The summed E-state index contributed by atoms with van der Waals surface area (Å²) in [5.41, 5.74) is 0. The first kappa shape index (κ1) is 19.4. The van der Waals surface area contributed by atoms with E-state index in [0.717, 1.165) is 15.7 Å². The van der Waals surface area contributed by atoms with Gasteiger partial charge in [-0.2, -0.15) is 4.31 Å². The second-order valence-electron chi connectivity index (χ2n) is 8.03. The predicted molar refractivity (Wildman–Crippen MR) is 109 cm³/mol. The zero-order chi connectivity index (χ0) is 19.7. The Bertz CT molecular complexity index is 964. The monoisotopic (exact) mass is 402 g/mol. The number of piperazine rings is 1. The Morgan fingerprint density at radius 3 is 2.50 bits per heavy atom. The maximum Gasteiger partial charge on any atom is 0.275 e. The van der Waals surface area contributed by atoms with Gasteiger partial charge in [0.15, 0.2) is 6.54 Å². The largest absolute Gasteiger partial charge is 0.348 e. The molecule has 2 aromatic rings. The minimum atomic E-state index is -3.51. The van der Waals surface area contributed by atoms with Crippen LogP contribution in [0.15, 0.2) is 47.4 Å². The molecule has 0 radical (unpaired) electrons. The highest BCUT2D eigenvalue weighted by molar-refractivity contribution is 7.89. The Morgan fingerprint density at radius 2 is 1.82 bits per heavy atom. The van der Waals surface area contributed by atoms with Gasteiger partial charge in [0.2, 0.25) is 10.0 Å². The molecule has 2 N–H and O–H groups in total. The molecule has 1 amide bonds. The molecule has 2 aliphatic rings. The summed E-state index contributed by atoms with van der Waals surface area (Å²) in [6, 6.07) is 13.3. The Hall–Kier alpha value is -1.96. The van der Waals surface area contributed by atoms with Crippen LogP contribution in [0.5, 0.6) is 0 Å². The summed E-state index contributed by atoms with van der Waals surface area (Å²) >= 11 is 0. The molecule has 1 aliphatic carbocycles. The maximum atomic E-state index is 13.0. The molecular weight excluding hydrogens is 374 g/mol. The number of quaternary nitrogens is 1. The molecule has 150 valence electrons. The van der Waals surface area contributed by atoms with Crippen LogP contribution in [0.4, 0.5) is 0 Å². The van der Waals surface area contributed by atoms with Crippen molar-refractivity contribution in [2.45, 2.75) is 30.7 Å². The number of nitrogens with one attached hydrogen (secondary N) is 2. The van der Waals surface area contributed by atoms with Gasteiger partial charge in [-0.1, -0.05) is 30.3 Å². The fraction of sp³-hybridized carbons (Fsp3) is 0.476. The molecule has 1 atom stereocenters. The molecule has 7 heteroatoms. The average Bonchev–Trinajstić information content (AvgIpc) is 3.53. The number of carbonyl (C=O) groups excluding carboxylic acids is 1. The van der Waals surface area contributed by atoms with E-state index >= 15 is 0 Å². The van der Waals surface area contributed by atoms with Gasteiger partial charge in [0.1, 0.15) is 0 Å². The quantitative estimate of drug-likeness (QED) is 0.745. The first-order valence-electron chi connectivity index (χ1n) is 10.1. The zero-order valence-electron chi connectivity index (χ0n) is 16.2. The van der Waals surface area contributed by atoms with Crippen molar-refractivity contribution in [2.75, 3.05) is 32.7 Å². The molecule has 0 unspecified atom stereocenters. The van der Waals surface area contributed by atoms with Crippen LogP contribution in [-0.2, 0) is 14.8 Å². The van der Waals surface area contributed by atoms with E-state index in [2.05, 4.69) is 12.2 Å². The van der Waals surface area contributed by atoms with Crippen molar-refractivity contribution in [1.29, 1.82) is 0 Å². The molecule has 6 nitrogen and oxygen atoms in total. The lowest BCUT2D eigenvalue weighted by Gasteiger charge is -2.31. The lowest BCUT2D eigenvalue weighted by Crippen LogP contribution is -3.15. The van der Waals surface area contributed by atoms with Gasteiger partial charge in [-0.25, -0.2) is 8.42 Å². The van der Waals surface area contributed by atoms with Crippen molar-refractivity contribution < 1.29 is 18.1 Å². The van der Waals surface area contributed by atoms with Gasteiger partial charge in [-0.05, 0) is 48.6 Å². The minimum absolute atomic E-state index is 0.0697. The van der Waals surface area contributed by atoms with Crippen molar-refractivity contribution in [2.24, 2.45) is 5.92 Å². The van der Waals surface area contributed by atoms with Crippen LogP contribution in [0, 0.1) is 5.92 Å². The maximum absolute atomic E-state index is 13.0. The fourth-order valence-corrected chi connectivity index (χ4v) is 5.42. The van der Waals surface area contributed by atoms with E-state index in [0.29, 0.717) is 43.5 Å². The number of fused-ring (bicyclic) bond motifs is 1. The van der Waals surface area contributed by atoms with E-state index in [4.69, 9.17) is 0 Å². The Balaban J connectivity index is 1.36. The Kier molecular flexibility index (Phi) is 5.40. The lowest BCUT2D eigenvalue weighted by molar-refractivity contribution is -0.895. The standard InChI is InChI=1S/C21H27N3O3S/c1-16(17-6-7-17)22-21(25)15-23-10-12-24(13-11-23)28(26,27)20-9-8-18-4-2-3-5-19(18)14-20/h2-5,8-9,14,16-17H,6-7,10-13,15H2,1H3,(H,22,25)/p+1/t16-/m0/s1. The van der Waals surface area contributed by atoms with E-state index in [1.54, 1.807) is 16.4 Å². The van der Waals surface area contributed by atoms with Crippen LogP contribution >= 0.6 is 0 Å². The zero-order valence-corrected chi connectivity index (χ0v) is 17.0. The topological polar surface area (TPSA) is 70.9 Å². The van der Waals surface area contributed by atoms with E-state index in [1.807, 2.05) is 30.3 Å². The summed E-state index contributed by atoms with van der Waals surface area (Å²) in [6.45, 7) is 4.67. The van der Waals surface area contributed by atoms with Crippen molar-refractivity contribution >= 4 is 26.7 Å².